The van der Waals surface area contributed by atoms with Crippen molar-refractivity contribution in [2.75, 3.05) is 6.26 Å². The molecule has 0 aromatic heterocycles. The first-order valence-electron chi connectivity index (χ1n) is 9.53. The van der Waals surface area contributed by atoms with Crippen LogP contribution in [0.15, 0.2) is 28.7 Å². The Morgan fingerprint density at radius 3 is 2.58 bits per heavy atom. The molecule has 3 aliphatic rings. The summed E-state index contributed by atoms with van der Waals surface area (Å²) >= 11 is 3.58. The lowest BCUT2D eigenvalue weighted by Crippen LogP contribution is -2.57. The molecule has 10 heteroatoms. The second kappa shape index (κ2) is 7.52. The molecule has 6 N–H and O–H groups in total. The van der Waals surface area contributed by atoms with Crippen LogP contribution in [0.4, 0.5) is 0 Å². The van der Waals surface area contributed by atoms with E-state index in [1.54, 1.807) is 0 Å². The van der Waals surface area contributed by atoms with Gasteiger partial charge in [-0.15, -0.1) is 0 Å². The number of hydrogen-bond acceptors (Lipinski definition) is 8. The van der Waals surface area contributed by atoms with Crippen LogP contribution in [-0.2, 0) is 21.8 Å². The van der Waals surface area contributed by atoms with Crippen LogP contribution >= 0.6 is 34.4 Å². The number of aliphatic hydroxyl groups is 3. The molecule has 0 saturated carbocycles. The summed E-state index contributed by atoms with van der Waals surface area (Å²) in [5.41, 5.74) is 3.04. The van der Waals surface area contributed by atoms with Crippen LogP contribution in [0.1, 0.15) is 34.3 Å². The van der Waals surface area contributed by atoms with Gasteiger partial charge in [0, 0.05) is 32.8 Å². The zero-order valence-corrected chi connectivity index (χ0v) is 19.4. The van der Waals surface area contributed by atoms with Crippen LogP contribution in [0, 0.1) is 15.4 Å². The number of ketones is 2. The number of rotatable bonds is 3. The molecule has 3 atom stereocenters. The van der Waals surface area contributed by atoms with Crippen LogP contribution in [-0.4, -0.2) is 49.8 Å². The van der Waals surface area contributed by atoms with E-state index in [1.165, 1.54) is 11.8 Å². The van der Waals surface area contributed by atoms with Crippen molar-refractivity contribution in [3.05, 3.63) is 49.0 Å². The number of Topliss-reactive ketones (excluding diaryl/α,β-unsaturated/α-hetero) is 2. The number of halogens is 1. The molecule has 0 bridgehead atoms. The number of allylic oxidation sites excluding steroid dienone is 2. The number of phenolic OH excluding ortho intramolecular Hbond substituents is 1. The Morgan fingerprint density at radius 2 is 1.97 bits per heavy atom. The highest BCUT2D eigenvalue weighted by molar-refractivity contribution is 14.1. The first-order chi connectivity index (χ1) is 14.5. The van der Waals surface area contributed by atoms with E-state index >= 15 is 0 Å². The number of amides is 1. The van der Waals surface area contributed by atoms with E-state index in [0.29, 0.717) is 23.3 Å². The summed E-state index contributed by atoms with van der Waals surface area (Å²) in [7, 11) is 0. The van der Waals surface area contributed by atoms with Gasteiger partial charge in [0.05, 0.1) is 5.56 Å². The molecular formula is C21H20INO7S. The SMILES string of the molecule is CSCc1cc(I)c2c(c1O)C(=O)C1=C(O)C3(O)C(=O)C(C(N)=O)=C(O)CC3CC1C2. The third kappa shape index (κ3) is 3.02. The number of carbonyl (C=O) groups excluding carboxylic acids is 3. The summed E-state index contributed by atoms with van der Waals surface area (Å²) in [6.07, 6.45) is 2.08. The number of carbonyl (C=O) groups is 3. The van der Waals surface area contributed by atoms with Gasteiger partial charge in [-0.1, -0.05) is 0 Å². The number of aliphatic hydroxyl groups excluding tert-OH is 2. The zero-order chi connectivity index (χ0) is 22.8. The fraction of sp³-hybridized carbons (Fsp3) is 0.381. The van der Waals surface area contributed by atoms with E-state index in [0.717, 1.165) is 3.57 Å². The molecule has 0 heterocycles. The molecule has 0 saturated heterocycles. The number of hydrogen-bond donors (Lipinski definition) is 5. The predicted octanol–water partition coefficient (Wildman–Crippen LogP) is 2.05. The molecule has 4 rings (SSSR count). The molecule has 1 amide bonds. The highest BCUT2D eigenvalue weighted by Crippen LogP contribution is 2.52. The van der Waals surface area contributed by atoms with Gasteiger partial charge in [-0.05, 0) is 59.2 Å². The number of nitrogens with two attached hydrogens (primary N) is 1. The highest BCUT2D eigenvalue weighted by Gasteiger charge is 2.59. The average Bonchev–Trinajstić information content (AvgIpc) is 2.68. The standard InChI is InChI=1S/C21H20INO7S/c1-31-6-8-4-11(22)10-3-7-2-9-5-12(24)15(20(23)29)19(28)21(9,30)18(27)13(7)17(26)14(10)16(8)25/h4,7,9,24-25,27,30H,2-3,5-6H2,1H3,(H2,23,29). The van der Waals surface area contributed by atoms with Gasteiger partial charge in [0.25, 0.3) is 5.91 Å². The van der Waals surface area contributed by atoms with Gasteiger partial charge in [-0.25, -0.2) is 0 Å². The van der Waals surface area contributed by atoms with Crippen LogP contribution in [0.5, 0.6) is 5.75 Å². The summed E-state index contributed by atoms with van der Waals surface area (Å²) in [4.78, 5) is 38.0. The van der Waals surface area contributed by atoms with E-state index in [-0.39, 0.29) is 29.7 Å². The molecule has 1 aromatic rings. The maximum absolute atomic E-state index is 13.4. The first-order valence-corrected chi connectivity index (χ1v) is 12.0. The van der Waals surface area contributed by atoms with Gasteiger partial charge in [-0.3, -0.25) is 14.4 Å². The normalized spacial score (nSPS) is 27.7. The van der Waals surface area contributed by atoms with Crippen molar-refractivity contribution in [2.24, 2.45) is 17.6 Å². The lowest BCUT2D eigenvalue weighted by Gasteiger charge is -2.45. The number of aromatic hydroxyl groups is 1. The molecule has 8 nitrogen and oxygen atoms in total. The minimum absolute atomic E-state index is 0.0626. The van der Waals surface area contributed by atoms with Crippen molar-refractivity contribution in [2.45, 2.75) is 30.6 Å². The van der Waals surface area contributed by atoms with Crippen LogP contribution in [0.25, 0.3) is 0 Å². The maximum Gasteiger partial charge on any atom is 0.255 e. The van der Waals surface area contributed by atoms with Gasteiger partial charge in [0.15, 0.2) is 11.4 Å². The van der Waals surface area contributed by atoms with Gasteiger partial charge < -0.3 is 26.2 Å². The van der Waals surface area contributed by atoms with Gasteiger partial charge >= 0.3 is 0 Å². The number of fused-ring (bicyclic) bond motifs is 3. The van der Waals surface area contributed by atoms with E-state index in [2.05, 4.69) is 22.6 Å². The highest BCUT2D eigenvalue weighted by atomic mass is 127. The van der Waals surface area contributed by atoms with Crippen LogP contribution in [0.2, 0.25) is 0 Å². The van der Waals surface area contributed by atoms with E-state index in [4.69, 9.17) is 5.73 Å². The topological polar surface area (TPSA) is 158 Å². The third-order valence-corrected chi connectivity index (χ3v) is 7.95. The summed E-state index contributed by atoms with van der Waals surface area (Å²) < 4.78 is 0.806. The second-order valence-corrected chi connectivity index (χ2v) is 10.1. The van der Waals surface area contributed by atoms with Crippen molar-refractivity contribution >= 4 is 51.8 Å². The number of benzene rings is 1. The van der Waals surface area contributed by atoms with Gasteiger partial charge in [0.1, 0.15) is 22.8 Å². The minimum atomic E-state index is -2.53. The van der Waals surface area contributed by atoms with E-state index in [1.807, 2.05) is 12.3 Å². The third-order valence-electron chi connectivity index (χ3n) is 6.39. The summed E-state index contributed by atoms with van der Waals surface area (Å²) in [5, 5.41) is 43.1. The Balaban J connectivity index is 1.91. The Labute approximate surface area is 195 Å². The Kier molecular flexibility index (Phi) is 5.38. The van der Waals surface area contributed by atoms with Gasteiger partial charge in [0.2, 0.25) is 5.78 Å². The number of primary amides is 1. The molecule has 0 fully saturated rings. The lowest BCUT2D eigenvalue weighted by atomic mass is 9.60. The molecule has 0 spiro atoms. The van der Waals surface area contributed by atoms with Crippen molar-refractivity contribution in [1.82, 2.24) is 0 Å². The molecule has 0 radical (unpaired) electrons. The quantitative estimate of drug-likeness (QED) is 0.279. The Morgan fingerprint density at radius 1 is 1.29 bits per heavy atom. The Hall–Kier alpha value is -2.05. The number of phenols is 1. The molecule has 1 aromatic carbocycles. The molecule has 0 aliphatic heterocycles. The average molecular weight is 557 g/mol. The first kappa shape index (κ1) is 22.2. The van der Waals surface area contributed by atoms with E-state index < -0.39 is 52.0 Å². The monoisotopic (exact) mass is 557 g/mol. The zero-order valence-electron chi connectivity index (χ0n) is 16.4. The predicted molar refractivity (Wildman–Crippen MR) is 121 cm³/mol. The smallest absolute Gasteiger partial charge is 0.255 e. The van der Waals surface area contributed by atoms with Crippen molar-refractivity contribution in [3.8, 4) is 5.75 Å². The summed E-state index contributed by atoms with van der Waals surface area (Å²) in [6.45, 7) is 0. The molecular weight excluding hydrogens is 537 g/mol. The van der Waals surface area contributed by atoms with Crippen LogP contribution in [0.3, 0.4) is 0 Å². The second-order valence-electron chi connectivity index (χ2n) is 8.06. The molecule has 164 valence electrons. The van der Waals surface area contributed by atoms with Crippen LogP contribution < -0.4 is 5.73 Å². The summed E-state index contributed by atoms with van der Waals surface area (Å²) in [5.74, 6) is -5.57. The molecule has 3 aliphatic carbocycles. The fourth-order valence-corrected chi connectivity index (χ4v) is 6.36. The Bertz CT molecular complexity index is 1130. The lowest BCUT2D eigenvalue weighted by molar-refractivity contribution is -0.144. The minimum Gasteiger partial charge on any atom is -0.511 e. The van der Waals surface area contributed by atoms with Gasteiger partial charge in [-0.2, -0.15) is 11.8 Å². The summed E-state index contributed by atoms with van der Waals surface area (Å²) in [6, 6.07) is 1.82. The fourth-order valence-electron chi connectivity index (χ4n) is 4.96. The van der Waals surface area contributed by atoms with Crippen molar-refractivity contribution in [3.63, 3.8) is 0 Å². The van der Waals surface area contributed by atoms with Crippen molar-refractivity contribution in [1.29, 1.82) is 0 Å². The van der Waals surface area contributed by atoms with E-state index in [9.17, 15) is 34.8 Å². The molecule has 3 unspecified atom stereocenters. The maximum atomic E-state index is 13.4. The largest absolute Gasteiger partial charge is 0.511 e. The molecule has 31 heavy (non-hydrogen) atoms. The number of thioether (sulfide) groups is 1. The van der Waals surface area contributed by atoms with Crippen molar-refractivity contribution < 1.29 is 34.8 Å².